The third-order valence-corrected chi connectivity index (χ3v) is 5.52. The fourth-order valence-corrected chi connectivity index (χ4v) is 3.99. The van der Waals surface area contributed by atoms with Crippen LogP contribution in [0.15, 0.2) is 33.7 Å². The predicted molar refractivity (Wildman–Crippen MR) is 107 cm³/mol. The number of nitrogens with zero attached hydrogens (tertiary/aromatic N) is 3. The summed E-state index contributed by atoms with van der Waals surface area (Å²) in [5.41, 5.74) is 0.855. The zero-order valence-corrected chi connectivity index (χ0v) is 17.0. The smallest absolute Gasteiger partial charge is 0.433 e. The maximum atomic E-state index is 12.5. The number of furan rings is 1. The number of carbonyl (C=O) groups is 1. The van der Waals surface area contributed by atoms with E-state index in [9.17, 15) is 14.9 Å². The largest absolute Gasteiger partial charge is 0.493 e. The highest BCUT2D eigenvalue weighted by Gasteiger charge is 2.18. The van der Waals surface area contributed by atoms with Gasteiger partial charge in [-0.2, -0.15) is 16.8 Å². The lowest BCUT2D eigenvalue weighted by atomic mass is 10.3. The van der Waals surface area contributed by atoms with Crippen molar-refractivity contribution in [2.75, 3.05) is 26.2 Å². The maximum Gasteiger partial charge on any atom is 0.433 e. The number of hydrogen-bond donors (Lipinski definition) is 0. The van der Waals surface area contributed by atoms with Crippen LogP contribution in [-0.2, 0) is 6.54 Å². The molecule has 0 aliphatic rings. The number of carbonyl (C=O) groups excluding carboxylic acids is 1. The summed E-state index contributed by atoms with van der Waals surface area (Å²) >= 11 is 2.98. The number of hydrogen-bond acceptors (Lipinski definition) is 8. The number of aryl methyl sites for hydroxylation is 1. The molecule has 148 valence electrons. The fourth-order valence-electron chi connectivity index (χ4n) is 2.56. The molecule has 0 radical (unpaired) electrons. The van der Waals surface area contributed by atoms with E-state index in [4.69, 9.17) is 13.9 Å². The molecule has 1 aromatic carbocycles. The first-order valence-electron chi connectivity index (χ1n) is 8.06. The van der Waals surface area contributed by atoms with E-state index in [0.717, 1.165) is 22.0 Å². The second kappa shape index (κ2) is 8.48. The quantitative estimate of drug-likeness (QED) is 0.423. The third-order valence-electron chi connectivity index (χ3n) is 3.89. The third kappa shape index (κ3) is 3.90. The average molecular weight is 423 g/mol. The Balaban J connectivity index is 2.13. The Morgan fingerprint density at radius 3 is 2.64 bits per heavy atom. The Morgan fingerprint density at radius 2 is 2.04 bits per heavy atom. The van der Waals surface area contributed by atoms with Crippen LogP contribution in [0.5, 0.6) is 11.5 Å². The normalized spacial score (nSPS) is 11.8. The summed E-state index contributed by atoms with van der Waals surface area (Å²) in [4.78, 5) is 27.1. The molecule has 1 amide bonds. The zero-order chi connectivity index (χ0) is 20.3. The van der Waals surface area contributed by atoms with Gasteiger partial charge in [0, 0.05) is 24.4 Å². The monoisotopic (exact) mass is 423 g/mol. The number of amides is 1. The van der Waals surface area contributed by atoms with Crippen LogP contribution in [0, 0.1) is 10.1 Å². The number of nitro groups is 1. The molecule has 2 aromatic heterocycles. The van der Waals surface area contributed by atoms with E-state index >= 15 is 0 Å². The minimum atomic E-state index is -0.701. The standard InChI is InChI=1S/C17H17N3O6S2/c1-24-12-8-10-14(9-13(12)25-2)28-17(19(10)6-7-27-3)18-16(21)11-4-5-15(26-11)20(22)23/h4-5,8-9H,6-7H2,1-3H3. The van der Waals surface area contributed by atoms with Crippen LogP contribution < -0.4 is 14.3 Å². The summed E-state index contributed by atoms with van der Waals surface area (Å²) in [7, 11) is 3.11. The van der Waals surface area contributed by atoms with E-state index in [2.05, 4.69) is 4.99 Å². The molecular formula is C17H17N3O6S2. The Bertz CT molecular complexity index is 1100. The number of thioether (sulfide) groups is 1. The van der Waals surface area contributed by atoms with Crippen molar-refractivity contribution in [1.29, 1.82) is 0 Å². The molecule has 0 saturated heterocycles. The van der Waals surface area contributed by atoms with Crippen molar-refractivity contribution in [3.05, 3.63) is 44.9 Å². The van der Waals surface area contributed by atoms with Crippen molar-refractivity contribution in [3.63, 3.8) is 0 Å². The molecule has 0 unspecified atom stereocenters. The Hall–Kier alpha value is -2.79. The Kier molecular flexibility index (Phi) is 6.05. The number of fused-ring (bicyclic) bond motifs is 1. The van der Waals surface area contributed by atoms with Gasteiger partial charge in [0.25, 0.3) is 0 Å². The van der Waals surface area contributed by atoms with Crippen LogP contribution in [0.25, 0.3) is 10.2 Å². The van der Waals surface area contributed by atoms with Crippen LogP contribution in [0.2, 0.25) is 0 Å². The lowest BCUT2D eigenvalue weighted by Crippen LogP contribution is -2.18. The van der Waals surface area contributed by atoms with Crippen molar-refractivity contribution in [2.24, 2.45) is 4.99 Å². The van der Waals surface area contributed by atoms with Gasteiger partial charge in [0.2, 0.25) is 5.76 Å². The van der Waals surface area contributed by atoms with Crippen molar-refractivity contribution < 1.29 is 23.6 Å². The number of benzene rings is 1. The van der Waals surface area contributed by atoms with Crippen molar-refractivity contribution >= 4 is 45.1 Å². The lowest BCUT2D eigenvalue weighted by Gasteiger charge is -2.09. The highest BCUT2D eigenvalue weighted by molar-refractivity contribution is 7.98. The minimum absolute atomic E-state index is 0.185. The van der Waals surface area contributed by atoms with Crippen LogP contribution in [0.3, 0.4) is 0 Å². The molecule has 0 bridgehead atoms. The molecule has 0 aliphatic heterocycles. The molecule has 0 fully saturated rings. The summed E-state index contributed by atoms with van der Waals surface area (Å²) in [6.45, 7) is 0.626. The van der Waals surface area contributed by atoms with Gasteiger partial charge in [-0.05, 0) is 12.3 Å². The number of methoxy groups -OCH3 is 2. The highest BCUT2D eigenvalue weighted by Crippen LogP contribution is 2.33. The van der Waals surface area contributed by atoms with Gasteiger partial charge in [-0.15, -0.1) is 0 Å². The second-order valence-electron chi connectivity index (χ2n) is 5.52. The van der Waals surface area contributed by atoms with Crippen LogP contribution in [0.1, 0.15) is 10.6 Å². The summed E-state index contributed by atoms with van der Waals surface area (Å²) in [5.74, 6) is 0.596. The van der Waals surface area contributed by atoms with Crippen molar-refractivity contribution in [1.82, 2.24) is 4.57 Å². The Morgan fingerprint density at radius 1 is 1.32 bits per heavy atom. The molecule has 0 spiro atoms. The van der Waals surface area contributed by atoms with E-state index in [1.54, 1.807) is 26.0 Å². The van der Waals surface area contributed by atoms with E-state index < -0.39 is 16.7 Å². The topological polar surface area (TPSA) is 109 Å². The molecule has 0 N–H and O–H groups in total. The van der Waals surface area contributed by atoms with Crippen LogP contribution >= 0.6 is 23.1 Å². The van der Waals surface area contributed by atoms with Gasteiger partial charge in [0.15, 0.2) is 16.3 Å². The van der Waals surface area contributed by atoms with Gasteiger partial charge in [-0.3, -0.25) is 14.9 Å². The number of ether oxygens (including phenoxy) is 2. The van der Waals surface area contributed by atoms with Crippen molar-refractivity contribution in [3.8, 4) is 11.5 Å². The minimum Gasteiger partial charge on any atom is -0.493 e. The fraction of sp³-hybridized carbons (Fsp3) is 0.294. The van der Waals surface area contributed by atoms with E-state index in [-0.39, 0.29) is 5.76 Å². The van der Waals surface area contributed by atoms with Gasteiger partial charge < -0.3 is 18.5 Å². The first-order valence-corrected chi connectivity index (χ1v) is 10.3. The van der Waals surface area contributed by atoms with Gasteiger partial charge in [-0.25, -0.2) is 0 Å². The van der Waals surface area contributed by atoms with Crippen molar-refractivity contribution in [2.45, 2.75) is 6.54 Å². The first-order chi connectivity index (χ1) is 13.5. The molecule has 3 aromatic rings. The molecular weight excluding hydrogens is 406 g/mol. The van der Waals surface area contributed by atoms with Crippen LogP contribution in [-0.4, -0.2) is 41.6 Å². The molecule has 2 heterocycles. The van der Waals surface area contributed by atoms with Gasteiger partial charge in [0.05, 0.1) is 30.5 Å². The van der Waals surface area contributed by atoms with E-state index in [0.29, 0.717) is 22.8 Å². The first kappa shape index (κ1) is 20.0. The second-order valence-corrected chi connectivity index (χ2v) is 7.51. The molecule has 3 rings (SSSR count). The zero-order valence-electron chi connectivity index (χ0n) is 15.3. The maximum absolute atomic E-state index is 12.5. The van der Waals surface area contributed by atoms with Gasteiger partial charge >= 0.3 is 11.8 Å². The summed E-state index contributed by atoms with van der Waals surface area (Å²) in [6.07, 6.45) is 1.99. The summed E-state index contributed by atoms with van der Waals surface area (Å²) in [5, 5.41) is 10.7. The molecule has 0 aliphatic carbocycles. The molecule has 28 heavy (non-hydrogen) atoms. The summed E-state index contributed by atoms with van der Waals surface area (Å²) < 4.78 is 18.5. The van der Waals surface area contributed by atoms with Gasteiger partial charge in [-0.1, -0.05) is 11.3 Å². The van der Waals surface area contributed by atoms with Crippen LogP contribution in [0.4, 0.5) is 5.88 Å². The predicted octanol–water partition coefficient (Wildman–Crippen LogP) is 3.33. The average Bonchev–Trinajstić information content (AvgIpc) is 3.30. The number of aromatic nitrogens is 1. The molecule has 0 saturated carbocycles. The lowest BCUT2D eigenvalue weighted by molar-refractivity contribution is -0.402. The number of rotatable bonds is 7. The van der Waals surface area contributed by atoms with E-state index in [1.807, 2.05) is 23.0 Å². The summed E-state index contributed by atoms with van der Waals surface area (Å²) in [6, 6.07) is 6.04. The SMILES string of the molecule is COc1cc2sc(=NC(=O)c3ccc([N+](=O)[O-])o3)n(CCSC)c2cc1OC. The number of thiazole rings is 1. The molecule has 0 atom stereocenters. The van der Waals surface area contributed by atoms with Gasteiger partial charge in [0.1, 0.15) is 4.92 Å². The molecule has 9 nitrogen and oxygen atoms in total. The Labute approximate surface area is 167 Å². The highest BCUT2D eigenvalue weighted by atomic mass is 32.2. The van der Waals surface area contributed by atoms with E-state index in [1.165, 1.54) is 17.4 Å². The molecule has 11 heteroatoms.